The number of carbonyl (C=O) groups is 1. The van der Waals surface area contributed by atoms with Crippen molar-refractivity contribution in [2.24, 2.45) is 0 Å². The second-order valence-corrected chi connectivity index (χ2v) is 7.18. The van der Waals surface area contributed by atoms with Crippen LogP contribution in [0.25, 0.3) is 10.2 Å². The SMILES string of the molecule is Cc1c(C=O)sc2c1c(=O)n(C1CC1)c(=O)n2CCOC(C)C. The highest BCUT2D eigenvalue weighted by molar-refractivity contribution is 7.20. The van der Waals surface area contributed by atoms with Gasteiger partial charge >= 0.3 is 5.69 Å². The maximum atomic E-state index is 12.8. The van der Waals surface area contributed by atoms with Gasteiger partial charge < -0.3 is 4.74 Å². The van der Waals surface area contributed by atoms with E-state index < -0.39 is 0 Å². The predicted octanol–water partition coefficient (Wildman–Crippen LogP) is 2.11. The number of aldehydes is 1. The summed E-state index contributed by atoms with van der Waals surface area (Å²) in [6.45, 7) is 6.40. The number of rotatable bonds is 6. The summed E-state index contributed by atoms with van der Waals surface area (Å²) < 4.78 is 8.49. The van der Waals surface area contributed by atoms with Crippen molar-refractivity contribution < 1.29 is 9.53 Å². The normalized spacial score (nSPS) is 14.8. The Morgan fingerprint density at radius 3 is 2.61 bits per heavy atom. The Morgan fingerprint density at radius 2 is 2.04 bits per heavy atom. The molecule has 2 aromatic heterocycles. The van der Waals surface area contributed by atoms with Crippen molar-refractivity contribution >= 4 is 27.8 Å². The summed E-state index contributed by atoms with van der Waals surface area (Å²) in [5, 5.41) is 0.494. The molecule has 0 bridgehead atoms. The number of fused-ring (bicyclic) bond motifs is 1. The van der Waals surface area contributed by atoms with Gasteiger partial charge in [0.15, 0.2) is 6.29 Å². The molecule has 0 N–H and O–H groups in total. The third-order valence-corrected chi connectivity index (χ3v) is 5.31. The summed E-state index contributed by atoms with van der Waals surface area (Å²) in [6, 6.07) is -0.00403. The van der Waals surface area contributed by atoms with Crippen molar-refractivity contribution in [3.8, 4) is 0 Å². The van der Waals surface area contributed by atoms with E-state index in [2.05, 4.69) is 0 Å². The Hall–Kier alpha value is -1.73. The number of ether oxygens (including phenoxy) is 1. The topological polar surface area (TPSA) is 70.3 Å². The first-order chi connectivity index (χ1) is 11.0. The molecule has 0 aromatic carbocycles. The van der Waals surface area contributed by atoms with Crippen molar-refractivity contribution in [2.45, 2.75) is 52.3 Å². The molecule has 0 spiro atoms. The van der Waals surface area contributed by atoms with Gasteiger partial charge in [0.1, 0.15) is 4.83 Å². The van der Waals surface area contributed by atoms with Gasteiger partial charge in [-0.15, -0.1) is 11.3 Å². The third-order valence-electron chi connectivity index (χ3n) is 4.07. The highest BCUT2D eigenvalue weighted by Gasteiger charge is 2.30. The Labute approximate surface area is 137 Å². The van der Waals surface area contributed by atoms with E-state index in [-0.39, 0.29) is 23.4 Å². The first-order valence-electron chi connectivity index (χ1n) is 7.81. The number of aryl methyl sites for hydroxylation is 1. The standard InChI is InChI=1S/C16H20N2O4S/c1-9(2)22-7-6-17-15-13(10(3)12(8-19)23-15)14(20)18(16(17)21)11-4-5-11/h8-9,11H,4-7H2,1-3H3. The van der Waals surface area contributed by atoms with Crippen LogP contribution in [0.2, 0.25) is 0 Å². The zero-order valence-corrected chi connectivity index (χ0v) is 14.3. The van der Waals surface area contributed by atoms with Crippen LogP contribution < -0.4 is 11.2 Å². The Balaban J connectivity index is 2.21. The monoisotopic (exact) mass is 336 g/mol. The van der Waals surface area contributed by atoms with Gasteiger partial charge in [-0.25, -0.2) is 4.79 Å². The van der Waals surface area contributed by atoms with Crippen LogP contribution in [0.5, 0.6) is 0 Å². The van der Waals surface area contributed by atoms with Gasteiger partial charge in [-0.2, -0.15) is 0 Å². The molecule has 1 fully saturated rings. The van der Waals surface area contributed by atoms with E-state index in [0.29, 0.717) is 33.8 Å². The number of hydrogen-bond donors (Lipinski definition) is 0. The van der Waals surface area contributed by atoms with E-state index in [0.717, 1.165) is 19.1 Å². The minimum absolute atomic E-state index is 0.00403. The molecule has 0 saturated heterocycles. The first-order valence-corrected chi connectivity index (χ1v) is 8.62. The van der Waals surface area contributed by atoms with E-state index >= 15 is 0 Å². The number of hydrogen-bond acceptors (Lipinski definition) is 5. The van der Waals surface area contributed by atoms with Crippen molar-refractivity contribution in [1.82, 2.24) is 9.13 Å². The lowest BCUT2D eigenvalue weighted by atomic mass is 10.2. The lowest BCUT2D eigenvalue weighted by molar-refractivity contribution is 0.0725. The molecule has 0 amide bonds. The molecule has 124 valence electrons. The van der Waals surface area contributed by atoms with Crippen molar-refractivity contribution in [3.63, 3.8) is 0 Å². The minimum Gasteiger partial charge on any atom is -0.377 e. The smallest absolute Gasteiger partial charge is 0.332 e. The van der Waals surface area contributed by atoms with Crippen LogP contribution in [-0.2, 0) is 11.3 Å². The fraction of sp³-hybridized carbons (Fsp3) is 0.562. The Morgan fingerprint density at radius 1 is 1.35 bits per heavy atom. The molecular weight excluding hydrogens is 316 g/mol. The van der Waals surface area contributed by atoms with Gasteiger partial charge in [0.25, 0.3) is 5.56 Å². The summed E-state index contributed by atoms with van der Waals surface area (Å²) in [4.78, 5) is 37.8. The third kappa shape index (κ3) is 2.79. The van der Waals surface area contributed by atoms with Gasteiger partial charge in [0, 0.05) is 6.04 Å². The van der Waals surface area contributed by atoms with Crippen LogP contribution in [0, 0.1) is 6.92 Å². The van der Waals surface area contributed by atoms with Crippen molar-refractivity contribution in [3.05, 3.63) is 31.3 Å². The minimum atomic E-state index is -0.295. The molecule has 0 aliphatic heterocycles. The number of nitrogens with zero attached hydrogens (tertiary/aromatic N) is 2. The molecule has 6 nitrogen and oxygen atoms in total. The second kappa shape index (κ2) is 6.05. The maximum absolute atomic E-state index is 12.8. The summed E-state index contributed by atoms with van der Waals surface area (Å²) in [5.41, 5.74) is 0.101. The van der Waals surface area contributed by atoms with Gasteiger partial charge in [-0.3, -0.25) is 18.7 Å². The molecule has 1 saturated carbocycles. The van der Waals surface area contributed by atoms with Gasteiger partial charge in [0.2, 0.25) is 0 Å². The quantitative estimate of drug-likeness (QED) is 0.758. The molecule has 2 heterocycles. The zero-order chi connectivity index (χ0) is 16.7. The van der Waals surface area contributed by atoms with Crippen LogP contribution in [0.1, 0.15) is 48.0 Å². The lowest BCUT2D eigenvalue weighted by Crippen LogP contribution is -2.40. The van der Waals surface area contributed by atoms with Gasteiger partial charge in [0.05, 0.1) is 29.5 Å². The molecule has 0 atom stereocenters. The van der Waals surface area contributed by atoms with Crippen LogP contribution in [0.15, 0.2) is 9.59 Å². The lowest BCUT2D eigenvalue weighted by Gasteiger charge is -2.13. The molecule has 0 radical (unpaired) electrons. The van der Waals surface area contributed by atoms with Crippen LogP contribution in [0.3, 0.4) is 0 Å². The zero-order valence-electron chi connectivity index (χ0n) is 13.5. The van der Waals surface area contributed by atoms with Crippen molar-refractivity contribution in [2.75, 3.05) is 6.61 Å². The van der Waals surface area contributed by atoms with E-state index in [4.69, 9.17) is 4.74 Å². The molecule has 3 rings (SSSR count). The largest absolute Gasteiger partial charge is 0.377 e. The molecule has 0 unspecified atom stereocenters. The first kappa shape index (κ1) is 16.1. The fourth-order valence-electron chi connectivity index (χ4n) is 2.73. The molecule has 1 aliphatic rings. The molecule has 7 heteroatoms. The fourth-order valence-corrected chi connectivity index (χ4v) is 3.86. The van der Waals surface area contributed by atoms with E-state index in [9.17, 15) is 14.4 Å². The average Bonchev–Trinajstić information content (AvgIpc) is 3.26. The average molecular weight is 336 g/mol. The van der Waals surface area contributed by atoms with E-state index in [1.54, 1.807) is 11.5 Å². The summed E-state index contributed by atoms with van der Waals surface area (Å²) in [7, 11) is 0. The summed E-state index contributed by atoms with van der Waals surface area (Å²) >= 11 is 1.20. The molecule has 23 heavy (non-hydrogen) atoms. The highest BCUT2D eigenvalue weighted by Crippen LogP contribution is 2.33. The highest BCUT2D eigenvalue weighted by atomic mass is 32.1. The number of thiophene rings is 1. The van der Waals surface area contributed by atoms with Gasteiger partial charge in [-0.1, -0.05) is 0 Å². The maximum Gasteiger partial charge on any atom is 0.332 e. The van der Waals surface area contributed by atoms with E-state index in [1.807, 2.05) is 13.8 Å². The second-order valence-electron chi connectivity index (χ2n) is 6.15. The van der Waals surface area contributed by atoms with E-state index in [1.165, 1.54) is 15.9 Å². The van der Waals surface area contributed by atoms with Crippen LogP contribution in [0.4, 0.5) is 0 Å². The molecule has 2 aromatic rings. The number of carbonyl (C=O) groups excluding carboxylic acids is 1. The van der Waals surface area contributed by atoms with Gasteiger partial charge in [-0.05, 0) is 39.2 Å². The molecule has 1 aliphatic carbocycles. The van der Waals surface area contributed by atoms with Crippen molar-refractivity contribution in [1.29, 1.82) is 0 Å². The number of aromatic nitrogens is 2. The predicted molar refractivity (Wildman–Crippen MR) is 89.8 cm³/mol. The van der Waals surface area contributed by atoms with Crippen LogP contribution in [-0.4, -0.2) is 28.1 Å². The molecular formula is C16H20N2O4S. The van der Waals surface area contributed by atoms with Crippen LogP contribution >= 0.6 is 11.3 Å². The summed E-state index contributed by atoms with van der Waals surface area (Å²) in [5.74, 6) is 0. The Bertz CT molecular complexity index is 871. The Kier molecular flexibility index (Phi) is 4.25. The summed E-state index contributed by atoms with van der Waals surface area (Å²) in [6.07, 6.45) is 2.53.